The first-order valence-electron chi connectivity index (χ1n) is 7.58. The van der Waals surface area contributed by atoms with Crippen molar-refractivity contribution in [2.75, 3.05) is 6.54 Å². The maximum Gasteiger partial charge on any atom is 0.243 e. The predicted molar refractivity (Wildman–Crippen MR) is 76.4 cm³/mol. The normalized spacial score (nSPS) is 20.3. The van der Waals surface area contributed by atoms with Gasteiger partial charge >= 0.3 is 0 Å². The van der Waals surface area contributed by atoms with Crippen molar-refractivity contribution in [1.82, 2.24) is 29.8 Å². The Morgan fingerprint density at radius 2 is 2.24 bits per heavy atom. The molecule has 2 aromatic rings. The molecule has 0 amide bonds. The van der Waals surface area contributed by atoms with E-state index in [2.05, 4.69) is 43.7 Å². The zero-order chi connectivity index (χ0) is 14.8. The molecule has 21 heavy (non-hydrogen) atoms. The first-order valence-corrected chi connectivity index (χ1v) is 7.58. The Balaban J connectivity index is 1.80. The zero-order valence-electron chi connectivity index (χ0n) is 12.9. The highest BCUT2D eigenvalue weighted by atomic mass is 16.5. The average Bonchev–Trinajstić information content (AvgIpc) is 3.08. The van der Waals surface area contributed by atoms with Gasteiger partial charge in [-0.15, -0.1) is 10.2 Å². The lowest BCUT2D eigenvalue weighted by Gasteiger charge is -2.33. The van der Waals surface area contributed by atoms with E-state index in [1.54, 1.807) is 6.33 Å². The van der Waals surface area contributed by atoms with Gasteiger partial charge in [0, 0.05) is 6.04 Å². The number of hydrogen-bond acceptors (Lipinski definition) is 6. The predicted octanol–water partition coefficient (Wildman–Crippen LogP) is 2.28. The standard InChI is InChI=1S/C14H22N6O/c1-10(2)20-9-15-17-13(20)8-19-7-5-4-6-12(19)14-16-11(3)18-21-14/h9-10,12H,4-8H2,1-3H3. The van der Waals surface area contributed by atoms with E-state index in [9.17, 15) is 0 Å². The van der Waals surface area contributed by atoms with E-state index >= 15 is 0 Å². The third-order valence-corrected chi connectivity index (χ3v) is 3.99. The van der Waals surface area contributed by atoms with E-state index in [1.165, 1.54) is 12.8 Å². The molecule has 1 aliphatic heterocycles. The van der Waals surface area contributed by atoms with E-state index < -0.39 is 0 Å². The fraction of sp³-hybridized carbons (Fsp3) is 0.714. The molecule has 0 aliphatic carbocycles. The van der Waals surface area contributed by atoms with Crippen LogP contribution in [0.5, 0.6) is 0 Å². The van der Waals surface area contributed by atoms with Crippen LogP contribution in [0.3, 0.4) is 0 Å². The van der Waals surface area contributed by atoms with Crippen LogP contribution in [0.2, 0.25) is 0 Å². The summed E-state index contributed by atoms with van der Waals surface area (Å²) in [7, 11) is 0. The van der Waals surface area contributed by atoms with E-state index in [1.807, 2.05) is 6.92 Å². The van der Waals surface area contributed by atoms with Crippen LogP contribution >= 0.6 is 0 Å². The van der Waals surface area contributed by atoms with Crippen molar-refractivity contribution >= 4 is 0 Å². The molecule has 1 aliphatic rings. The molecule has 7 heteroatoms. The summed E-state index contributed by atoms with van der Waals surface area (Å²) < 4.78 is 7.50. The number of rotatable bonds is 4. The Morgan fingerprint density at radius 1 is 1.38 bits per heavy atom. The van der Waals surface area contributed by atoms with Gasteiger partial charge in [-0.2, -0.15) is 4.98 Å². The van der Waals surface area contributed by atoms with Crippen molar-refractivity contribution in [3.05, 3.63) is 23.9 Å². The van der Waals surface area contributed by atoms with Gasteiger partial charge in [0.1, 0.15) is 12.2 Å². The van der Waals surface area contributed by atoms with Gasteiger partial charge in [0.15, 0.2) is 5.82 Å². The molecule has 1 saturated heterocycles. The molecule has 0 N–H and O–H groups in total. The van der Waals surface area contributed by atoms with Crippen LogP contribution < -0.4 is 0 Å². The first kappa shape index (κ1) is 14.2. The molecular weight excluding hydrogens is 268 g/mol. The minimum atomic E-state index is 0.192. The quantitative estimate of drug-likeness (QED) is 0.860. The van der Waals surface area contributed by atoms with Crippen molar-refractivity contribution in [1.29, 1.82) is 0 Å². The second-order valence-electron chi connectivity index (χ2n) is 5.91. The van der Waals surface area contributed by atoms with Crippen molar-refractivity contribution in [3.63, 3.8) is 0 Å². The largest absolute Gasteiger partial charge is 0.338 e. The monoisotopic (exact) mass is 290 g/mol. The maximum absolute atomic E-state index is 5.39. The maximum atomic E-state index is 5.39. The first-order chi connectivity index (χ1) is 10.1. The molecule has 7 nitrogen and oxygen atoms in total. The van der Waals surface area contributed by atoms with Crippen LogP contribution in [-0.2, 0) is 6.54 Å². The summed E-state index contributed by atoms with van der Waals surface area (Å²) in [6.07, 6.45) is 5.24. The molecule has 1 unspecified atom stereocenters. The lowest BCUT2D eigenvalue weighted by atomic mass is 10.0. The molecule has 0 saturated carbocycles. The number of aryl methyl sites for hydroxylation is 1. The molecule has 0 bridgehead atoms. The summed E-state index contributed by atoms with van der Waals surface area (Å²) in [5.41, 5.74) is 0. The molecule has 0 aromatic carbocycles. The summed E-state index contributed by atoms with van der Waals surface area (Å²) in [6, 6.07) is 0.557. The van der Waals surface area contributed by atoms with Crippen molar-refractivity contribution in [2.24, 2.45) is 0 Å². The Kier molecular flexibility index (Phi) is 4.01. The number of hydrogen-bond donors (Lipinski definition) is 0. The molecule has 1 atom stereocenters. The Hall–Kier alpha value is -1.76. The number of nitrogens with zero attached hydrogens (tertiary/aromatic N) is 6. The highest BCUT2D eigenvalue weighted by molar-refractivity contribution is 4.97. The fourth-order valence-electron chi connectivity index (χ4n) is 2.90. The van der Waals surface area contributed by atoms with Gasteiger partial charge in [0.2, 0.25) is 5.89 Å². The highest BCUT2D eigenvalue weighted by Crippen LogP contribution is 2.31. The van der Waals surface area contributed by atoms with Crippen LogP contribution in [0.4, 0.5) is 0 Å². The molecule has 3 heterocycles. The number of likely N-dealkylation sites (tertiary alicyclic amines) is 1. The smallest absolute Gasteiger partial charge is 0.243 e. The fourth-order valence-corrected chi connectivity index (χ4v) is 2.90. The summed E-state index contributed by atoms with van der Waals surface area (Å²) in [5, 5.41) is 12.2. The van der Waals surface area contributed by atoms with Crippen LogP contribution in [0.15, 0.2) is 10.9 Å². The van der Waals surface area contributed by atoms with Gasteiger partial charge in [0.05, 0.1) is 12.6 Å². The van der Waals surface area contributed by atoms with Gasteiger partial charge in [-0.3, -0.25) is 4.90 Å². The highest BCUT2D eigenvalue weighted by Gasteiger charge is 2.29. The summed E-state index contributed by atoms with van der Waals surface area (Å²) in [6.45, 7) is 7.93. The Morgan fingerprint density at radius 3 is 2.95 bits per heavy atom. The van der Waals surface area contributed by atoms with Crippen LogP contribution in [0.25, 0.3) is 0 Å². The Labute approximate surface area is 124 Å². The zero-order valence-corrected chi connectivity index (χ0v) is 12.9. The molecular formula is C14H22N6O. The lowest BCUT2D eigenvalue weighted by molar-refractivity contribution is 0.107. The van der Waals surface area contributed by atoms with Crippen LogP contribution in [0, 0.1) is 6.92 Å². The second-order valence-corrected chi connectivity index (χ2v) is 5.91. The van der Waals surface area contributed by atoms with Crippen molar-refractivity contribution < 1.29 is 4.52 Å². The van der Waals surface area contributed by atoms with E-state index in [4.69, 9.17) is 4.52 Å². The third kappa shape index (κ3) is 2.97. The third-order valence-electron chi connectivity index (χ3n) is 3.99. The molecule has 114 valence electrons. The topological polar surface area (TPSA) is 72.9 Å². The van der Waals surface area contributed by atoms with Crippen molar-refractivity contribution in [3.8, 4) is 0 Å². The summed E-state index contributed by atoms with van der Waals surface area (Å²) in [4.78, 5) is 6.78. The number of aromatic nitrogens is 5. The summed E-state index contributed by atoms with van der Waals surface area (Å²) in [5.74, 6) is 2.41. The summed E-state index contributed by atoms with van der Waals surface area (Å²) >= 11 is 0. The Bertz CT molecular complexity index is 590. The van der Waals surface area contributed by atoms with Crippen LogP contribution in [0.1, 0.15) is 62.7 Å². The SMILES string of the molecule is Cc1noc(C2CCCCN2Cc2nncn2C(C)C)n1. The second kappa shape index (κ2) is 5.93. The minimum Gasteiger partial charge on any atom is -0.338 e. The van der Waals surface area contributed by atoms with Gasteiger partial charge in [-0.05, 0) is 40.2 Å². The molecule has 1 fully saturated rings. The molecule has 0 spiro atoms. The average molecular weight is 290 g/mol. The van der Waals surface area contributed by atoms with E-state index in [-0.39, 0.29) is 6.04 Å². The van der Waals surface area contributed by atoms with Gasteiger partial charge in [-0.25, -0.2) is 0 Å². The molecule has 0 radical (unpaired) electrons. The minimum absolute atomic E-state index is 0.192. The van der Waals surface area contributed by atoms with Crippen LogP contribution in [-0.4, -0.2) is 36.3 Å². The molecule has 2 aromatic heterocycles. The van der Waals surface area contributed by atoms with Gasteiger partial charge < -0.3 is 9.09 Å². The van der Waals surface area contributed by atoms with Gasteiger partial charge in [0.25, 0.3) is 0 Å². The van der Waals surface area contributed by atoms with E-state index in [0.717, 1.165) is 31.2 Å². The molecule has 3 rings (SSSR count). The lowest BCUT2D eigenvalue weighted by Crippen LogP contribution is -2.34. The van der Waals surface area contributed by atoms with Gasteiger partial charge in [-0.1, -0.05) is 11.6 Å². The number of piperidine rings is 1. The van der Waals surface area contributed by atoms with Crippen molar-refractivity contribution in [2.45, 2.75) is 58.7 Å². The van der Waals surface area contributed by atoms with E-state index in [0.29, 0.717) is 11.9 Å².